The summed E-state index contributed by atoms with van der Waals surface area (Å²) in [6.07, 6.45) is 1.85. The first-order valence-electron chi connectivity index (χ1n) is 6.67. The lowest BCUT2D eigenvalue weighted by molar-refractivity contribution is 0.484. The maximum atomic E-state index is 10.5. The number of hydrogen-bond donors (Lipinski definition) is 0. The van der Waals surface area contributed by atoms with E-state index in [1.807, 2.05) is 60.9 Å². The molecule has 0 unspecified atom stereocenters. The second-order valence-electron chi connectivity index (χ2n) is 4.59. The molecule has 0 saturated heterocycles. The number of rotatable bonds is 4. The molecular formula is C19H13O2. The molecule has 0 atom stereocenters. The van der Waals surface area contributed by atoms with Crippen LogP contribution in [0.4, 0.5) is 0 Å². The monoisotopic (exact) mass is 273 g/mol. The molecule has 21 heavy (non-hydrogen) atoms. The quantitative estimate of drug-likeness (QED) is 0.694. The summed E-state index contributed by atoms with van der Waals surface area (Å²) >= 11 is 0. The number of hydrogen-bond acceptors (Lipinski definition) is 2. The summed E-state index contributed by atoms with van der Waals surface area (Å²) in [6, 6.07) is 24.9. The van der Waals surface area contributed by atoms with Gasteiger partial charge in [0.2, 0.25) is 6.29 Å². The third-order valence-electron chi connectivity index (χ3n) is 3.17. The van der Waals surface area contributed by atoms with Crippen molar-refractivity contribution >= 4 is 6.29 Å². The first-order chi connectivity index (χ1) is 10.4. The van der Waals surface area contributed by atoms with E-state index in [9.17, 15) is 4.79 Å². The molecule has 0 N–H and O–H groups in total. The van der Waals surface area contributed by atoms with Gasteiger partial charge in [-0.25, -0.2) is 0 Å². The van der Waals surface area contributed by atoms with Crippen LogP contribution >= 0.6 is 0 Å². The predicted molar refractivity (Wildman–Crippen MR) is 83.2 cm³/mol. The summed E-state index contributed by atoms with van der Waals surface area (Å²) in [5.74, 6) is 1.48. The standard InChI is InChI=1S/C19H13O2/c20-14-15-10-12-17(13-11-15)21-19-9-5-4-8-18(19)16-6-2-1-3-7-16/h1-13H. The molecule has 1 radical (unpaired) electrons. The van der Waals surface area contributed by atoms with Crippen LogP contribution in [-0.2, 0) is 4.79 Å². The molecule has 0 saturated carbocycles. The second kappa shape index (κ2) is 6.06. The van der Waals surface area contributed by atoms with Crippen LogP contribution in [0.15, 0.2) is 78.9 Å². The molecule has 0 aliphatic heterocycles. The van der Waals surface area contributed by atoms with E-state index in [0.717, 1.165) is 16.9 Å². The molecule has 3 rings (SSSR count). The van der Waals surface area contributed by atoms with Gasteiger partial charge in [0.05, 0.1) is 0 Å². The van der Waals surface area contributed by atoms with Gasteiger partial charge in [-0.15, -0.1) is 0 Å². The average Bonchev–Trinajstić information content (AvgIpc) is 2.57. The molecular weight excluding hydrogens is 260 g/mol. The van der Waals surface area contributed by atoms with Crippen molar-refractivity contribution in [2.45, 2.75) is 0 Å². The molecule has 0 aliphatic carbocycles. The number of carbonyl (C=O) groups excluding carboxylic acids is 1. The van der Waals surface area contributed by atoms with Gasteiger partial charge in [-0.3, -0.25) is 4.79 Å². The minimum Gasteiger partial charge on any atom is -0.457 e. The summed E-state index contributed by atoms with van der Waals surface area (Å²) in [5.41, 5.74) is 2.65. The zero-order valence-electron chi connectivity index (χ0n) is 11.3. The zero-order valence-corrected chi connectivity index (χ0v) is 11.3. The van der Waals surface area contributed by atoms with Crippen LogP contribution < -0.4 is 4.74 Å². The van der Waals surface area contributed by atoms with Gasteiger partial charge < -0.3 is 4.74 Å². The highest BCUT2D eigenvalue weighted by atomic mass is 16.5. The lowest BCUT2D eigenvalue weighted by Crippen LogP contribution is -1.88. The lowest BCUT2D eigenvalue weighted by atomic mass is 10.0. The molecule has 0 aromatic heterocycles. The van der Waals surface area contributed by atoms with Crippen molar-refractivity contribution in [2.24, 2.45) is 0 Å². The van der Waals surface area contributed by atoms with Gasteiger partial charge in [0.1, 0.15) is 11.5 Å². The molecule has 0 fully saturated rings. The van der Waals surface area contributed by atoms with Crippen molar-refractivity contribution in [1.29, 1.82) is 0 Å². The Balaban J connectivity index is 1.93. The molecule has 101 valence electrons. The maximum Gasteiger partial charge on any atom is 0.233 e. The Morgan fingerprint density at radius 3 is 2.10 bits per heavy atom. The topological polar surface area (TPSA) is 26.3 Å². The lowest BCUT2D eigenvalue weighted by Gasteiger charge is -2.11. The summed E-state index contributed by atoms with van der Waals surface area (Å²) in [4.78, 5) is 10.5. The summed E-state index contributed by atoms with van der Waals surface area (Å²) < 4.78 is 5.93. The number of ether oxygens (including phenoxy) is 1. The van der Waals surface area contributed by atoms with Crippen molar-refractivity contribution in [3.8, 4) is 22.6 Å². The van der Waals surface area contributed by atoms with E-state index >= 15 is 0 Å². The van der Waals surface area contributed by atoms with E-state index in [-0.39, 0.29) is 0 Å². The normalized spacial score (nSPS) is 10.1. The van der Waals surface area contributed by atoms with Crippen molar-refractivity contribution in [1.82, 2.24) is 0 Å². The Morgan fingerprint density at radius 2 is 1.38 bits per heavy atom. The van der Waals surface area contributed by atoms with Crippen LogP contribution in [-0.4, -0.2) is 6.29 Å². The Hall–Kier alpha value is -2.87. The smallest absolute Gasteiger partial charge is 0.233 e. The summed E-state index contributed by atoms with van der Waals surface area (Å²) in [6.45, 7) is 0. The summed E-state index contributed by atoms with van der Waals surface area (Å²) in [7, 11) is 0. The number of benzene rings is 3. The van der Waals surface area contributed by atoms with E-state index < -0.39 is 0 Å². The Kier molecular flexibility index (Phi) is 3.79. The minimum atomic E-state index is 0.513. The third-order valence-corrected chi connectivity index (χ3v) is 3.17. The molecule has 3 aromatic carbocycles. The second-order valence-corrected chi connectivity index (χ2v) is 4.59. The predicted octanol–water partition coefficient (Wildman–Crippen LogP) is 4.60. The molecule has 0 aliphatic rings. The van der Waals surface area contributed by atoms with Gasteiger partial charge in [0, 0.05) is 11.1 Å². The molecule has 0 amide bonds. The van der Waals surface area contributed by atoms with Crippen LogP contribution in [0.2, 0.25) is 0 Å². The first-order valence-corrected chi connectivity index (χ1v) is 6.67. The fraction of sp³-hybridized carbons (Fsp3) is 0. The fourth-order valence-corrected chi connectivity index (χ4v) is 2.13. The van der Waals surface area contributed by atoms with E-state index in [2.05, 4.69) is 0 Å². The number of para-hydroxylation sites is 1. The van der Waals surface area contributed by atoms with E-state index in [1.54, 1.807) is 24.3 Å². The first kappa shape index (κ1) is 13.1. The molecule has 0 bridgehead atoms. The van der Waals surface area contributed by atoms with Crippen molar-refractivity contribution in [2.75, 3.05) is 0 Å². The highest BCUT2D eigenvalue weighted by Gasteiger charge is 2.06. The molecule has 0 spiro atoms. The van der Waals surface area contributed by atoms with Crippen molar-refractivity contribution in [3.05, 3.63) is 84.4 Å². The largest absolute Gasteiger partial charge is 0.457 e. The minimum absolute atomic E-state index is 0.513. The van der Waals surface area contributed by atoms with Gasteiger partial charge in [0.15, 0.2) is 0 Å². The SMILES string of the molecule is O=[C]c1ccc(Oc2ccccc2-c2ccccc2)cc1. The van der Waals surface area contributed by atoms with E-state index in [1.165, 1.54) is 0 Å². The van der Waals surface area contributed by atoms with Crippen molar-refractivity contribution in [3.63, 3.8) is 0 Å². The highest BCUT2D eigenvalue weighted by molar-refractivity contribution is 5.75. The Bertz CT molecular complexity index is 731. The van der Waals surface area contributed by atoms with Gasteiger partial charge >= 0.3 is 0 Å². The zero-order chi connectivity index (χ0) is 14.5. The average molecular weight is 273 g/mol. The van der Waals surface area contributed by atoms with Crippen LogP contribution in [0, 0.1) is 0 Å². The Labute approximate surface area is 123 Å². The van der Waals surface area contributed by atoms with E-state index in [4.69, 9.17) is 4.74 Å². The fourth-order valence-electron chi connectivity index (χ4n) is 2.13. The molecule has 2 heteroatoms. The molecule has 3 aromatic rings. The third kappa shape index (κ3) is 3.00. The van der Waals surface area contributed by atoms with Crippen LogP contribution in [0.5, 0.6) is 11.5 Å². The van der Waals surface area contributed by atoms with Gasteiger partial charge in [-0.1, -0.05) is 48.5 Å². The maximum absolute atomic E-state index is 10.5. The Morgan fingerprint density at radius 1 is 0.714 bits per heavy atom. The van der Waals surface area contributed by atoms with Crippen LogP contribution in [0.1, 0.15) is 5.56 Å². The van der Waals surface area contributed by atoms with Crippen LogP contribution in [0.3, 0.4) is 0 Å². The highest BCUT2D eigenvalue weighted by Crippen LogP contribution is 2.32. The summed E-state index contributed by atoms with van der Waals surface area (Å²) in [5, 5.41) is 0. The van der Waals surface area contributed by atoms with Gasteiger partial charge in [0.25, 0.3) is 0 Å². The van der Waals surface area contributed by atoms with Gasteiger partial charge in [-0.2, -0.15) is 0 Å². The van der Waals surface area contributed by atoms with Crippen LogP contribution in [0.25, 0.3) is 11.1 Å². The molecule has 0 heterocycles. The molecule has 2 nitrogen and oxygen atoms in total. The van der Waals surface area contributed by atoms with Crippen molar-refractivity contribution < 1.29 is 9.53 Å². The van der Waals surface area contributed by atoms with E-state index in [0.29, 0.717) is 11.3 Å². The van der Waals surface area contributed by atoms with Gasteiger partial charge in [-0.05, 0) is 35.9 Å².